The lowest BCUT2D eigenvalue weighted by Gasteiger charge is -2.29. The van der Waals surface area contributed by atoms with Gasteiger partial charge in [-0.1, -0.05) is 37.3 Å². The summed E-state index contributed by atoms with van der Waals surface area (Å²) in [5.41, 5.74) is 1.45. The maximum atomic E-state index is 12.7. The molecule has 1 saturated heterocycles. The molecular weight excluding hydrogens is 316 g/mol. The van der Waals surface area contributed by atoms with Crippen LogP contribution in [0.2, 0.25) is 0 Å². The zero-order chi connectivity index (χ0) is 17.6. The van der Waals surface area contributed by atoms with Gasteiger partial charge in [0, 0.05) is 30.9 Å². The molecule has 1 fully saturated rings. The molecule has 1 aliphatic heterocycles. The molecule has 2 heterocycles. The number of ether oxygens (including phenoxy) is 1. The topological polar surface area (TPSA) is 67.4 Å². The van der Waals surface area contributed by atoms with Crippen LogP contribution in [0, 0.1) is 0 Å². The van der Waals surface area contributed by atoms with Crippen molar-refractivity contribution in [3.63, 3.8) is 0 Å². The number of rotatable bonds is 5. The third kappa shape index (κ3) is 4.14. The predicted molar refractivity (Wildman–Crippen MR) is 97.7 cm³/mol. The van der Waals surface area contributed by atoms with E-state index in [0.717, 1.165) is 25.1 Å². The molecule has 1 amide bonds. The van der Waals surface area contributed by atoms with Crippen LogP contribution in [0.25, 0.3) is 11.4 Å². The maximum Gasteiger partial charge on any atom is 0.256 e. The smallest absolute Gasteiger partial charge is 0.256 e. The number of amides is 1. The van der Waals surface area contributed by atoms with Gasteiger partial charge in [-0.3, -0.25) is 4.79 Å². The number of benzene rings is 1. The highest BCUT2D eigenvalue weighted by Gasteiger charge is 2.22. The fraction of sp³-hybridized carbons (Fsp3) is 0.421. The first kappa shape index (κ1) is 17.4. The van der Waals surface area contributed by atoms with Crippen LogP contribution in [0.3, 0.4) is 0 Å². The van der Waals surface area contributed by atoms with Crippen molar-refractivity contribution in [2.45, 2.75) is 26.3 Å². The molecule has 2 aromatic rings. The monoisotopic (exact) mass is 340 g/mol. The SMILES string of the molecule is CCC(C)NC(=O)c1cnc(-c2ccccc2)nc1N1CCOCC1. The molecule has 0 radical (unpaired) electrons. The summed E-state index contributed by atoms with van der Waals surface area (Å²) in [4.78, 5) is 23.9. The molecule has 1 unspecified atom stereocenters. The summed E-state index contributed by atoms with van der Waals surface area (Å²) >= 11 is 0. The molecule has 6 nitrogen and oxygen atoms in total. The summed E-state index contributed by atoms with van der Waals surface area (Å²) in [7, 11) is 0. The van der Waals surface area contributed by atoms with E-state index in [1.807, 2.05) is 44.2 Å². The average Bonchev–Trinajstić information content (AvgIpc) is 2.68. The fourth-order valence-electron chi connectivity index (χ4n) is 2.68. The van der Waals surface area contributed by atoms with Crippen molar-refractivity contribution in [3.05, 3.63) is 42.1 Å². The Kier molecular flexibility index (Phi) is 5.60. The van der Waals surface area contributed by atoms with E-state index in [1.54, 1.807) is 6.20 Å². The minimum absolute atomic E-state index is 0.110. The van der Waals surface area contributed by atoms with Gasteiger partial charge in [0.2, 0.25) is 0 Å². The molecule has 0 bridgehead atoms. The second kappa shape index (κ2) is 8.07. The van der Waals surface area contributed by atoms with Gasteiger partial charge >= 0.3 is 0 Å². The standard InChI is InChI=1S/C19H24N4O2/c1-3-14(2)21-19(24)16-13-20-17(15-7-5-4-6-8-15)22-18(16)23-9-11-25-12-10-23/h4-8,13-14H,3,9-12H2,1-2H3,(H,21,24). The Morgan fingerprint density at radius 3 is 2.68 bits per heavy atom. The third-order valence-electron chi connectivity index (χ3n) is 4.35. The minimum atomic E-state index is -0.129. The van der Waals surface area contributed by atoms with Crippen LogP contribution in [-0.2, 0) is 4.74 Å². The van der Waals surface area contributed by atoms with Crippen LogP contribution in [-0.4, -0.2) is 48.2 Å². The summed E-state index contributed by atoms with van der Waals surface area (Å²) in [6.45, 7) is 6.74. The molecule has 25 heavy (non-hydrogen) atoms. The lowest BCUT2D eigenvalue weighted by molar-refractivity contribution is 0.0937. The molecule has 1 atom stereocenters. The van der Waals surface area contributed by atoms with Crippen LogP contribution in [0.15, 0.2) is 36.5 Å². The molecular formula is C19H24N4O2. The van der Waals surface area contributed by atoms with Crippen LogP contribution < -0.4 is 10.2 Å². The highest BCUT2D eigenvalue weighted by Crippen LogP contribution is 2.23. The number of hydrogen-bond donors (Lipinski definition) is 1. The number of morpholine rings is 1. The highest BCUT2D eigenvalue weighted by molar-refractivity contribution is 5.99. The van der Waals surface area contributed by atoms with E-state index < -0.39 is 0 Å². The molecule has 1 aromatic heterocycles. The van der Waals surface area contributed by atoms with Crippen molar-refractivity contribution in [3.8, 4) is 11.4 Å². The molecule has 0 aliphatic carbocycles. The quantitative estimate of drug-likeness (QED) is 0.906. The van der Waals surface area contributed by atoms with Crippen molar-refractivity contribution in [2.75, 3.05) is 31.2 Å². The number of nitrogens with one attached hydrogen (secondary N) is 1. The fourth-order valence-corrected chi connectivity index (χ4v) is 2.68. The van der Waals surface area contributed by atoms with Crippen molar-refractivity contribution < 1.29 is 9.53 Å². The number of anilines is 1. The Bertz CT molecular complexity index is 715. The first-order chi connectivity index (χ1) is 12.2. The largest absolute Gasteiger partial charge is 0.378 e. The van der Waals surface area contributed by atoms with Gasteiger partial charge < -0.3 is 15.0 Å². The van der Waals surface area contributed by atoms with Crippen LogP contribution in [0.4, 0.5) is 5.82 Å². The van der Waals surface area contributed by atoms with Crippen molar-refractivity contribution in [1.82, 2.24) is 15.3 Å². The van der Waals surface area contributed by atoms with E-state index >= 15 is 0 Å². The number of carbonyl (C=O) groups is 1. The molecule has 0 spiro atoms. The highest BCUT2D eigenvalue weighted by atomic mass is 16.5. The first-order valence-electron chi connectivity index (χ1n) is 8.75. The van der Waals surface area contributed by atoms with Crippen LogP contribution >= 0.6 is 0 Å². The van der Waals surface area contributed by atoms with E-state index in [2.05, 4.69) is 15.2 Å². The summed E-state index contributed by atoms with van der Waals surface area (Å²) in [6.07, 6.45) is 2.51. The van der Waals surface area contributed by atoms with Crippen LogP contribution in [0.1, 0.15) is 30.6 Å². The number of carbonyl (C=O) groups excluding carboxylic acids is 1. The summed E-state index contributed by atoms with van der Waals surface area (Å²) in [6, 6.07) is 9.92. The van der Waals surface area contributed by atoms with E-state index in [0.29, 0.717) is 30.4 Å². The number of nitrogens with zero attached hydrogens (tertiary/aromatic N) is 3. The first-order valence-corrected chi connectivity index (χ1v) is 8.75. The number of hydrogen-bond acceptors (Lipinski definition) is 5. The van der Waals surface area contributed by atoms with Crippen molar-refractivity contribution in [2.24, 2.45) is 0 Å². The van der Waals surface area contributed by atoms with Gasteiger partial charge in [-0.15, -0.1) is 0 Å². The zero-order valence-electron chi connectivity index (χ0n) is 14.7. The van der Waals surface area contributed by atoms with Gasteiger partial charge in [-0.05, 0) is 13.3 Å². The Morgan fingerprint density at radius 1 is 1.28 bits per heavy atom. The van der Waals surface area contributed by atoms with Gasteiger partial charge in [-0.2, -0.15) is 0 Å². The lowest BCUT2D eigenvalue weighted by atomic mass is 10.2. The molecule has 1 aromatic carbocycles. The Morgan fingerprint density at radius 2 is 2.00 bits per heavy atom. The molecule has 6 heteroatoms. The second-order valence-corrected chi connectivity index (χ2v) is 6.18. The van der Waals surface area contributed by atoms with E-state index in [4.69, 9.17) is 9.72 Å². The second-order valence-electron chi connectivity index (χ2n) is 6.18. The Balaban J connectivity index is 1.97. The zero-order valence-corrected chi connectivity index (χ0v) is 14.7. The van der Waals surface area contributed by atoms with Crippen molar-refractivity contribution >= 4 is 11.7 Å². The normalized spacial score (nSPS) is 15.7. The summed E-state index contributed by atoms with van der Waals surface area (Å²) in [5, 5.41) is 3.01. The van der Waals surface area contributed by atoms with Gasteiger partial charge in [0.25, 0.3) is 5.91 Å². The van der Waals surface area contributed by atoms with Gasteiger partial charge in [-0.25, -0.2) is 9.97 Å². The molecule has 3 rings (SSSR count). The van der Waals surface area contributed by atoms with Gasteiger partial charge in [0.15, 0.2) is 5.82 Å². The lowest BCUT2D eigenvalue weighted by Crippen LogP contribution is -2.39. The molecule has 1 N–H and O–H groups in total. The molecule has 1 aliphatic rings. The van der Waals surface area contributed by atoms with Gasteiger partial charge in [0.1, 0.15) is 11.4 Å². The Hall–Kier alpha value is -2.47. The van der Waals surface area contributed by atoms with E-state index in [-0.39, 0.29) is 11.9 Å². The van der Waals surface area contributed by atoms with Gasteiger partial charge in [0.05, 0.1) is 13.2 Å². The predicted octanol–water partition coefficient (Wildman–Crippen LogP) is 2.51. The third-order valence-corrected chi connectivity index (χ3v) is 4.35. The Labute approximate surface area is 148 Å². The number of aromatic nitrogens is 2. The summed E-state index contributed by atoms with van der Waals surface area (Å²) < 4.78 is 5.43. The maximum absolute atomic E-state index is 12.7. The van der Waals surface area contributed by atoms with E-state index in [9.17, 15) is 4.79 Å². The minimum Gasteiger partial charge on any atom is -0.378 e. The average molecular weight is 340 g/mol. The summed E-state index contributed by atoms with van der Waals surface area (Å²) in [5.74, 6) is 1.18. The molecule has 132 valence electrons. The molecule has 0 saturated carbocycles. The van der Waals surface area contributed by atoms with Crippen LogP contribution in [0.5, 0.6) is 0 Å². The van der Waals surface area contributed by atoms with Crippen molar-refractivity contribution in [1.29, 1.82) is 0 Å². The van der Waals surface area contributed by atoms with E-state index in [1.165, 1.54) is 0 Å².